The topological polar surface area (TPSA) is 66.0 Å². The first-order chi connectivity index (χ1) is 8.58. The molecule has 0 atom stereocenters. The van der Waals surface area contributed by atoms with Crippen LogP contribution in [0.1, 0.15) is 0 Å². The normalized spacial score (nSPS) is 10.8. The zero-order chi connectivity index (χ0) is 13.7. The third-order valence-electron chi connectivity index (χ3n) is 2.36. The summed E-state index contributed by atoms with van der Waals surface area (Å²) in [6.45, 7) is 0.501. The molecule has 0 amide bonds. The average molecular weight is 309 g/mol. The minimum Gasteiger partial charge on any atom is -0.247 e. The van der Waals surface area contributed by atoms with Crippen LogP contribution in [0.25, 0.3) is 0 Å². The van der Waals surface area contributed by atoms with Gasteiger partial charge in [0.05, 0.1) is 0 Å². The van der Waals surface area contributed by atoms with Gasteiger partial charge in [-0.25, -0.2) is 28.1 Å². The van der Waals surface area contributed by atoms with Crippen molar-refractivity contribution in [2.24, 2.45) is 0 Å². The van der Waals surface area contributed by atoms with Gasteiger partial charge in [0, 0.05) is 36.9 Å². The molecule has 18 heavy (non-hydrogen) atoms. The molecule has 0 saturated carbocycles. The fourth-order valence-electron chi connectivity index (χ4n) is 1.56. The van der Waals surface area contributed by atoms with E-state index in [0.717, 1.165) is 13.7 Å². The summed E-state index contributed by atoms with van der Waals surface area (Å²) in [6, 6.07) is 0. The first-order valence-corrected chi connectivity index (χ1v) is 7.25. The molecule has 102 valence electrons. The molecule has 1 aromatic heterocycles. The molecule has 1 rings (SSSR count). The summed E-state index contributed by atoms with van der Waals surface area (Å²) in [7, 11) is 0. The Hall–Kier alpha value is -0.540. The van der Waals surface area contributed by atoms with Crippen molar-refractivity contribution in [3.8, 4) is 0 Å². The molecule has 0 radical (unpaired) electrons. The predicted octanol–water partition coefficient (Wildman–Crippen LogP) is -1.04. The van der Waals surface area contributed by atoms with E-state index in [1.165, 1.54) is 0 Å². The molecule has 0 unspecified atom stereocenters. The van der Waals surface area contributed by atoms with E-state index >= 15 is 0 Å². The molecule has 0 fully saturated rings. The fraction of sp³-hybridized carbons (Fsp3) is 0.667. The molecule has 0 aliphatic heterocycles. The lowest BCUT2D eigenvalue weighted by Gasteiger charge is -2.11. The van der Waals surface area contributed by atoms with E-state index in [9.17, 15) is 14.4 Å². The van der Waals surface area contributed by atoms with Crippen molar-refractivity contribution in [3.05, 3.63) is 31.5 Å². The number of thiol groups is 3. The van der Waals surface area contributed by atoms with Crippen molar-refractivity contribution in [2.45, 2.75) is 19.6 Å². The SMILES string of the molecule is O=c1n(CCS)c(=O)n(CCS)c(=O)n1CCS. The Bertz CT molecular complexity index is 464. The van der Waals surface area contributed by atoms with E-state index in [1.807, 2.05) is 0 Å². The summed E-state index contributed by atoms with van der Waals surface area (Å²) >= 11 is 12.0. The molecule has 1 heterocycles. The minimum atomic E-state index is -0.608. The first-order valence-electron chi connectivity index (χ1n) is 5.35. The van der Waals surface area contributed by atoms with Gasteiger partial charge in [0.2, 0.25) is 0 Å². The third kappa shape index (κ3) is 3.07. The molecule has 9 heteroatoms. The largest absolute Gasteiger partial charge is 0.336 e. The molecule has 0 spiro atoms. The van der Waals surface area contributed by atoms with Crippen molar-refractivity contribution in [3.63, 3.8) is 0 Å². The van der Waals surface area contributed by atoms with Crippen molar-refractivity contribution < 1.29 is 0 Å². The third-order valence-corrected chi connectivity index (χ3v) is 2.96. The van der Waals surface area contributed by atoms with Crippen LogP contribution < -0.4 is 17.1 Å². The second kappa shape index (κ2) is 7.15. The van der Waals surface area contributed by atoms with Gasteiger partial charge in [-0.2, -0.15) is 37.9 Å². The Balaban J connectivity index is 3.59. The Morgan fingerprint density at radius 2 is 0.833 bits per heavy atom. The average Bonchev–Trinajstić information content (AvgIpc) is 2.35. The maximum absolute atomic E-state index is 12.0. The van der Waals surface area contributed by atoms with Crippen molar-refractivity contribution >= 4 is 37.9 Å². The fourth-order valence-corrected chi connectivity index (χ4v) is 2.16. The zero-order valence-corrected chi connectivity index (χ0v) is 12.3. The van der Waals surface area contributed by atoms with E-state index in [-0.39, 0.29) is 19.6 Å². The highest BCUT2D eigenvalue weighted by atomic mass is 32.1. The highest BCUT2D eigenvalue weighted by molar-refractivity contribution is 7.80. The highest BCUT2D eigenvalue weighted by Gasteiger charge is 2.13. The maximum Gasteiger partial charge on any atom is 0.336 e. The minimum absolute atomic E-state index is 0.167. The van der Waals surface area contributed by atoms with Gasteiger partial charge >= 0.3 is 17.1 Å². The summed E-state index contributed by atoms with van der Waals surface area (Å²) in [6.07, 6.45) is 0. The number of hydrogen-bond donors (Lipinski definition) is 3. The lowest BCUT2D eigenvalue weighted by molar-refractivity contribution is 0.477. The quantitative estimate of drug-likeness (QED) is 0.588. The lowest BCUT2D eigenvalue weighted by atomic mass is 10.6. The van der Waals surface area contributed by atoms with E-state index in [0.29, 0.717) is 17.3 Å². The van der Waals surface area contributed by atoms with E-state index in [1.54, 1.807) is 0 Å². The van der Waals surface area contributed by atoms with E-state index in [4.69, 9.17) is 0 Å². The van der Waals surface area contributed by atoms with Crippen molar-refractivity contribution in [2.75, 3.05) is 17.3 Å². The molecule has 0 N–H and O–H groups in total. The standard InChI is InChI=1S/C9H15N3O3S3/c13-7-10(1-4-16)8(14)12(3-6-18)9(15)11(7)2-5-17/h16-18H,1-6H2. The molecule has 6 nitrogen and oxygen atoms in total. The highest BCUT2D eigenvalue weighted by Crippen LogP contribution is 1.83. The molecule has 0 bridgehead atoms. The number of nitrogens with zero attached hydrogens (tertiary/aromatic N) is 3. The summed E-state index contributed by atoms with van der Waals surface area (Å²) in [5.41, 5.74) is -1.82. The van der Waals surface area contributed by atoms with Gasteiger partial charge in [-0.1, -0.05) is 0 Å². The molecule has 1 aromatic rings. The second-order valence-electron chi connectivity index (χ2n) is 3.47. The molecular formula is C9H15N3O3S3. The maximum atomic E-state index is 12.0. The number of hydrogen-bond acceptors (Lipinski definition) is 6. The van der Waals surface area contributed by atoms with Gasteiger partial charge < -0.3 is 0 Å². The van der Waals surface area contributed by atoms with Gasteiger partial charge in [-0.3, -0.25) is 0 Å². The first kappa shape index (κ1) is 15.5. The van der Waals surface area contributed by atoms with Crippen LogP contribution in [0.2, 0.25) is 0 Å². The van der Waals surface area contributed by atoms with Crippen molar-refractivity contribution in [1.82, 2.24) is 13.7 Å². The Morgan fingerprint density at radius 3 is 1.00 bits per heavy atom. The Morgan fingerprint density at radius 1 is 0.611 bits per heavy atom. The summed E-state index contributed by atoms with van der Waals surface area (Å²) in [5, 5.41) is 0. The molecular weight excluding hydrogens is 294 g/mol. The smallest absolute Gasteiger partial charge is 0.247 e. The molecule has 0 aromatic carbocycles. The van der Waals surface area contributed by atoms with Gasteiger partial charge in [0.25, 0.3) is 0 Å². The van der Waals surface area contributed by atoms with Crippen LogP contribution in [0.5, 0.6) is 0 Å². The summed E-state index contributed by atoms with van der Waals surface area (Å²) in [4.78, 5) is 35.9. The van der Waals surface area contributed by atoms with Crippen LogP contribution in [0.3, 0.4) is 0 Å². The van der Waals surface area contributed by atoms with Crippen LogP contribution in [-0.4, -0.2) is 31.0 Å². The van der Waals surface area contributed by atoms with Gasteiger partial charge in [0.15, 0.2) is 0 Å². The van der Waals surface area contributed by atoms with Crippen LogP contribution in [0.4, 0.5) is 0 Å². The molecule has 0 saturated heterocycles. The van der Waals surface area contributed by atoms with E-state index in [2.05, 4.69) is 37.9 Å². The van der Waals surface area contributed by atoms with Gasteiger partial charge in [0.1, 0.15) is 0 Å². The zero-order valence-electron chi connectivity index (χ0n) is 9.65. The second-order valence-corrected chi connectivity index (χ2v) is 4.82. The van der Waals surface area contributed by atoms with Crippen LogP contribution in [0, 0.1) is 0 Å². The van der Waals surface area contributed by atoms with Crippen LogP contribution in [-0.2, 0) is 19.6 Å². The van der Waals surface area contributed by atoms with Crippen LogP contribution >= 0.6 is 37.9 Å². The van der Waals surface area contributed by atoms with Gasteiger partial charge in [-0.05, 0) is 0 Å². The monoisotopic (exact) mass is 309 g/mol. The lowest BCUT2D eigenvalue weighted by Crippen LogP contribution is -2.55. The molecule has 0 aliphatic carbocycles. The predicted molar refractivity (Wildman–Crippen MR) is 80.8 cm³/mol. The summed E-state index contributed by atoms with van der Waals surface area (Å²) in [5.74, 6) is 1.03. The Kier molecular flexibility index (Phi) is 6.16. The number of rotatable bonds is 6. The van der Waals surface area contributed by atoms with E-state index < -0.39 is 17.1 Å². The summed E-state index contributed by atoms with van der Waals surface area (Å²) < 4.78 is 3.05. The van der Waals surface area contributed by atoms with Gasteiger partial charge in [-0.15, -0.1) is 0 Å². The van der Waals surface area contributed by atoms with Crippen molar-refractivity contribution in [1.29, 1.82) is 0 Å². The molecule has 0 aliphatic rings. The van der Waals surface area contributed by atoms with Crippen LogP contribution in [0.15, 0.2) is 14.4 Å². The Labute approximate surface area is 120 Å². The number of aromatic nitrogens is 3.